The fraction of sp³-hybridized carbons (Fsp3) is 0.667. The SMILES string of the molecule is CCOC(=O)C(C)(Cn1cc(Br)cn1)NC(C)C. The standard InChI is InChI=1S/C12H20BrN3O2/c1-5-18-11(17)12(4,15-9(2)3)8-16-7-10(13)6-14-16/h6-7,9,15H,5,8H2,1-4H3. The number of carbonyl (C=O) groups is 1. The normalized spacial score (nSPS) is 14.6. The highest BCUT2D eigenvalue weighted by Gasteiger charge is 2.36. The van der Waals surface area contributed by atoms with Gasteiger partial charge in [0.15, 0.2) is 0 Å². The van der Waals surface area contributed by atoms with Crippen molar-refractivity contribution in [1.82, 2.24) is 15.1 Å². The summed E-state index contributed by atoms with van der Waals surface area (Å²) in [5.74, 6) is -0.259. The molecule has 18 heavy (non-hydrogen) atoms. The van der Waals surface area contributed by atoms with Gasteiger partial charge in [-0.25, -0.2) is 4.79 Å². The molecule has 1 aromatic rings. The number of nitrogens with zero attached hydrogens (tertiary/aromatic N) is 2. The third-order valence-electron chi connectivity index (χ3n) is 2.41. The van der Waals surface area contributed by atoms with E-state index < -0.39 is 5.54 Å². The molecule has 0 spiro atoms. The van der Waals surface area contributed by atoms with Crippen LogP contribution in [0, 0.1) is 0 Å². The van der Waals surface area contributed by atoms with Crippen LogP contribution in [0.5, 0.6) is 0 Å². The maximum atomic E-state index is 12.1. The summed E-state index contributed by atoms with van der Waals surface area (Å²) < 4.78 is 7.74. The lowest BCUT2D eigenvalue weighted by Crippen LogP contribution is -2.56. The fourth-order valence-corrected chi connectivity index (χ4v) is 2.17. The highest BCUT2D eigenvalue weighted by Crippen LogP contribution is 2.14. The molecule has 5 nitrogen and oxygen atoms in total. The number of rotatable bonds is 6. The van der Waals surface area contributed by atoms with Gasteiger partial charge in [-0.15, -0.1) is 0 Å². The average Bonchev–Trinajstić information content (AvgIpc) is 2.62. The van der Waals surface area contributed by atoms with Crippen molar-refractivity contribution in [2.75, 3.05) is 6.61 Å². The van der Waals surface area contributed by atoms with Gasteiger partial charge in [0.2, 0.25) is 0 Å². The molecule has 0 saturated heterocycles. The summed E-state index contributed by atoms with van der Waals surface area (Å²) in [6.45, 7) is 8.43. The van der Waals surface area contributed by atoms with E-state index in [1.807, 2.05) is 27.0 Å². The zero-order valence-corrected chi connectivity index (χ0v) is 12.8. The number of halogens is 1. The van der Waals surface area contributed by atoms with Crippen LogP contribution in [0.15, 0.2) is 16.9 Å². The Morgan fingerprint density at radius 2 is 2.33 bits per heavy atom. The van der Waals surface area contributed by atoms with Crippen LogP contribution < -0.4 is 5.32 Å². The number of hydrogen-bond donors (Lipinski definition) is 1. The van der Waals surface area contributed by atoms with Crippen molar-refractivity contribution in [3.8, 4) is 0 Å². The van der Waals surface area contributed by atoms with Crippen LogP contribution in [-0.2, 0) is 16.1 Å². The minimum absolute atomic E-state index is 0.179. The second-order valence-electron chi connectivity index (χ2n) is 4.71. The van der Waals surface area contributed by atoms with E-state index in [0.717, 1.165) is 4.47 Å². The van der Waals surface area contributed by atoms with E-state index in [1.54, 1.807) is 17.8 Å². The van der Waals surface area contributed by atoms with E-state index in [-0.39, 0.29) is 12.0 Å². The minimum atomic E-state index is -0.782. The van der Waals surface area contributed by atoms with Gasteiger partial charge in [0.1, 0.15) is 5.54 Å². The molecule has 6 heteroatoms. The van der Waals surface area contributed by atoms with Gasteiger partial charge < -0.3 is 4.74 Å². The average molecular weight is 318 g/mol. The van der Waals surface area contributed by atoms with E-state index >= 15 is 0 Å². The maximum absolute atomic E-state index is 12.1. The van der Waals surface area contributed by atoms with Crippen molar-refractivity contribution in [2.45, 2.75) is 45.8 Å². The van der Waals surface area contributed by atoms with Crippen LogP contribution in [0.1, 0.15) is 27.7 Å². The Morgan fingerprint density at radius 3 is 2.78 bits per heavy atom. The van der Waals surface area contributed by atoms with Crippen LogP contribution in [0.4, 0.5) is 0 Å². The van der Waals surface area contributed by atoms with Crippen LogP contribution in [0.25, 0.3) is 0 Å². The van der Waals surface area contributed by atoms with Gasteiger partial charge in [-0.3, -0.25) is 10.00 Å². The lowest BCUT2D eigenvalue weighted by atomic mass is 10.0. The van der Waals surface area contributed by atoms with Crippen molar-refractivity contribution < 1.29 is 9.53 Å². The van der Waals surface area contributed by atoms with Crippen LogP contribution in [0.2, 0.25) is 0 Å². The molecule has 1 N–H and O–H groups in total. The predicted molar refractivity (Wildman–Crippen MR) is 73.2 cm³/mol. The molecule has 0 fully saturated rings. The minimum Gasteiger partial charge on any atom is -0.465 e. The van der Waals surface area contributed by atoms with Crippen LogP contribution in [-0.4, -0.2) is 33.9 Å². The molecule has 1 heterocycles. The van der Waals surface area contributed by atoms with E-state index in [4.69, 9.17) is 4.74 Å². The Balaban J connectivity index is 2.86. The van der Waals surface area contributed by atoms with E-state index in [9.17, 15) is 4.79 Å². The molecule has 1 rings (SSSR count). The molecular weight excluding hydrogens is 298 g/mol. The molecule has 0 aliphatic heterocycles. The maximum Gasteiger partial charge on any atom is 0.327 e. The molecular formula is C12H20BrN3O2. The topological polar surface area (TPSA) is 56.2 Å². The lowest BCUT2D eigenvalue weighted by molar-refractivity contribution is -0.151. The first-order valence-electron chi connectivity index (χ1n) is 6.00. The third-order valence-corrected chi connectivity index (χ3v) is 2.82. The summed E-state index contributed by atoms with van der Waals surface area (Å²) in [7, 11) is 0. The summed E-state index contributed by atoms with van der Waals surface area (Å²) in [4.78, 5) is 12.1. The summed E-state index contributed by atoms with van der Waals surface area (Å²) in [6, 6.07) is 0.179. The molecule has 0 aliphatic rings. The van der Waals surface area contributed by atoms with Crippen LogP contribution >= 0.6 is 15.9 Å². The lowest BCUT2D eigenvalue weighted by Gasteiger charge is -2.30. The van der Waals surface area contributed by atoms with Gasteiger partial charge in [0, 0.05) is 12.2 Å². The molecule has 0 aromatic carbocycles. The molecule has 1 atom stereocenters. The second kappa shape index (κ2) is 6.33. The highest BCUT2D eigenvalue weighted by atomic mass is 79.9. The molecule has 0 amide bonds. The van der Waals surface area contributed by atoms with Gasteiger partial charge in [-0.1, -0.05) is 0 Å². The first-order chi connectivity index (χ1) is 8.37. The van der Waals surface area contributed by atoms with Crippen LogP contribution in [0.3, 0.4) is 0 Å². The number of ether oxygens (including phenoxy) is 1. The number of hydrogen-bond acceptors (Lipinski definition) is 4. The first-order valence-corrected chi connectivity index (χ1v) is 6.79. The van der Waals surface area contributed by atoms with Crippen molar-refractivity contribution in [2.24, 2.45) is 0 Å². The summed E-state index contributed by atoms with van der Waals surface area (Å²) in [5, 5.41) is 7.42. The molecule has 0 aliphatic carbocycles. The van der Waals surface area contributed by atoms with E-state index in [2.05, 4.69) is 26.3 Å². The van der Waals surface area contributed by atoms with Crippen molar-refractivity contribution in [3.05, 3.63) is 16.9 Å². The third kappa shape index (κ3) is 4.10. The Morgan fingerprint density at radius 1 is 1.67 bits per heavy atom. The van der Waals surface area contributed by atoms with Gasteiger partial charge in [-0.2, -0.15) is 5.10 Å². The van der Waals surface area contributed by atoms with Crippen molar-refractivity contribution in [1.29, 1.82) is 0 Å². The Hall–Kier alpha value is -0.880. The number of carbonyl (C=O) groups excluding carboxylic acids is 1. The van der Waals surface area contributed by atoms with E-state index in [0.29, 0.717) is 13.2 Å². The van der Waals surface area contributed by atoms with Gasteiger partial charge in [0.05, 0.1) is 23.8 Å². The molecule has 0 radical (unpaired) electrons. The molecule has 102 valence electrons. The van der Waals surface area contributed by atoms with Gasteiger partial charge in [-0.05, 0) is 43.6 Å². The first kappa shape index (κ1) is 15.2. The quantitative estimate of drug-likeness (QED) is 0.815. The fourth-order valence-electron chi connectivity index (χ4n) is 1.85. The smallest absolute Gasteiger partial charge is 0.327 e. The summed E-state index contributed by atoms with van der Waals surface area (Å²) in [5.41, 5.74) is -0.782. The monoisotopic (exact) mass is 317 g/mol. The number of nitrogens with one attached hydrogen (secondary N) is 1. The number of esters is 1. The summed E-state index contributed by atoms with van der Waals surface area (Å²) in [6.07, 6.45) is 3.53. The van der Waals surface area contributed by atoms with Crippen molar-refractivity contribution in [3.63, 3.8) is 0 Å². The van der Waals surface area contributed by atoms with Crippen molar-refractivity contribution >= 4 is 21.9 Å². The second-order valence-corrected chi connectivity index (χ2v) is 5.62. The molecule has 0 bridgehead atoms. The van der Waals surface area contributed by atoms with Gasteiger partial charge >= 0.3 is 5.97 Å². The largest absolute Gasteiger partial charge is 0.465 e. The molecule has 0 saturated carbocycles. The van der Waals surface area contributed by atoms with E-state index in [1.165, 1.54) is 0 Å². The Labute approximate surface area is 116 Å². The Bertz CT molecular complexity index is 406. The molecule has 1 aromatic heterocycles. The zero-order valence-electron chi connectivity index (χ0n) is 11.2. The highest BCUT2D eigenvalue weighted by molar-refractivity contribution is 9.10. The summed E-state index contributed by atoms with van der Waals surface area (Å²) >= 11 is 3.34. The Kier molecular flexibility index (Phi) is 5.34. The van der Waals surface area contributed by atoms with Gasteiger partial charge in [0.25, 0.3) is 0 Å². The number of aromatic nitrogens is 2. The predicted octanol–water partition coefficient (Wildman–Crippen LogP) is 1.97. The zero-order chi connectivity index (χ0) is 13.8. The molecule has 1 unspecified atom stereocenters.